The Morgan fingerprint density at radius 3 is 2.57 bits per heavy atom. The molecule has 0 atom stereocenters. The maximum atomic E-state index is 12.5. The van der Waals surface area contributed by atoms with Crippen molar-refractivity contribution in [3.63, 3.8) is 0 Å². The van der Waals surface area contributed by atoms with Crippen molar-refractivity contribution in [2.24, 2.45) is 4.99 Å². The number of hydrogen-bond acceptors (Lipinski definition) is 7. The molecule has 12 heteroatoms. The zero-order chi connectivity index (χ0) is 22.4. The molecule has 0 aliphatic carbocycles. The number of aliphatic imine (C=N–C) groups is 1. The molecule has 2 heterocycles. The fourth-order valence-electron chi connectivity index (χ4n) is 2.56. The van der Waals surface area contributed by atoms with Gasteiger partial charge in [-0.25, -0.2) is 4.99 Å². The van der Waals surface area contributed by atoms with Gasteiger partial charge in [0.25, 0.3) is 0 Å². The molecule has 0 unspecified atom stereocenters. The normalized spacial score (nSPS) is 15.7. The van der Waals surface area contributed by atoms with Gasteiger partial charge in [0.2, 0.25) is 5.90 Å². The zero-order valence-corrected chi connectivity index (χ0v) is 17.1. The molecule has 1 aliphatic rings. The van der Waals surface area contributed by atoms with E-state index in [1.165, 1.54) is 20.3 Å². The molecule has 1 aromatic rings. The number of carbonyl (C=O) groups excluding carboxylic acids is 1. The summed E-state index contributed by atoms with van der Waals surface area (Å²) in [6, 6.07) is 3.58. The van der Waals surface area contributed by atoms with Crippen LogP contribution in [0, 0.1) is 0 Å². The van der Waals surface area contributed by atoms with Crippen molar-refractivity contribution in [3.8, 4) is 0 Å². The number of unbranched alkanes of at least 4 members (excludes halogenated alkanes) is 2. The van der Waals surface area contributed by atoms with Crippen molar-refractivity contribution < 1.29 is 40.0 Å². The van der Waals surface area contributed by atoms with Gasteiger partial charge in [-0.3, -0.25) is 4.79 Å². The van der Waals surface area contributed by atoms with Crippen LogP contribution in [-0.2, 0) is 35.0 Å². The Balaban J connectivity index is 2.00. The number of nitrogens with one attached hydrogen (secondary N) is 1. The number of hydrogen-bond donors (Lipinski definition) is 1. The van der Waals surface area contributed by atoms with E-state index in [1.807, 2.05) is 6.07 Å². The summed E-state index contributed by atoms with van der Waals surface area (Å²) in [6.07, 6.45) is 5.98. The third kappa shape index (κ3) is 6.37. The van der Waals surface area contributed by atoms with Gasteiger partial charge in [-0.05, 0) is 37.5 Å². The van der Waals surface area contributed by atoms with Gasteiger partial charge >= 0.3 is 21.6 Å². The van der Waals surface area contributed by atoms with Crippen molar-refractivity contribution in [1.82, 2.24) is 4.98 Å². The van der Waals surface area contributed by atoms with Crippen LogP contribution >= 0.6 is 0 Å². The fraction of sp³-hybridized carbons (Fsp3) is 0.444. The first-order valence-corrected chi connectivity index (χ1v) is 10.3. The molecule has 1 N–H and O–H groups in total. The Morgan fingerprint density at radius 1 is 1.20 bits per heavy atom. The Bertz CT molecular complexity index is 961. The first kappa shape index (κ1) is 23.5. The van der Waals surface area contributed by atoms with Gasteiger partial charge in [0.1, 0.15) is 11.5 Å². The molecule has 2 rings (SSSR count). The molecule has 0 fully saturated rings. The number of esters is 1. The van der Waals surface area contributed by atoms with Crippen LogP contribution in [0.3, 0.4) is 0 Å². The van der Waals surface area contributed by atoms with Gasteiger partial charge in [-0.15, -0.1) is 0 Å². The molecule has 0 aromatic carbocycles. The van der Waals surface area contributed by atoms with Crippen molar-refractivity contribution in [2.75, 3.05) is 14.2 Å². The van der Waals surface area contributed by atoms with Crippen molar-refractivity contribution in [2.45, 2.75) is 37.6 Å². The van der Waals surface area contributed by atoms with E-state index in [9.17, 15) is 26.4 Å². The van der Waals surface area contributed by atoms with Crippen LogP contribution in [0.1, 0.15) is 37.1 Å². The highest BCUT2D eigenvalue weighted by atomic mass is 32.2. The smallest absolute Gasteiger partial charge is 0.494 e. The van der Waals surface area contributed by atoms with Gasteiger partial charge in [0.05, 0.1) is 14.2 Å². The summed E-state index contributed by atoms with van der Waals surface area (Å²) in [5.41, 5.74) is -3.94. The van der Waals surface area contributed by atoms with Crippen molar-refractivity contribution >= 4 is 28.1 Å². The van der Waals surface area contributed by atoms with Gasteiger partial charge < -0.3 is 18.6 Å². The molecule has 0 amide bonds. The summed E-state index contributed by atoms with van der Waals surface area (Å²) in [5, 5.41) is 0. The Kier molecular flexibility index (Phi) is 7.71. The molecule has 0 spiro atoms. The number of aromatic nitrogens is 1. The molecule has 166 valence electrons. The zero-order valence-electron chi connectivity index (χ0n) is 16.3. The van der Waals surface area contributed by atoms with Crippen LogP contribution in [-0.4, -0.2) is 45.0 Å². The number of aromatic amines is 1. The molecule has 30 heavy (non-hydrogen) atoms. The van der Waals surface area contributed by atoms with Gasteiger partial charge in [-0.2, -0.15) is 21.6 Å². The van der Waals surface area contributed by atoms with E-state index in [0.29, 0.717) is 12.1 Å². The summed E-state index contributed by atoms with van der Waals surface area (Å²) in [6.45, 7) is 0. The topological polar surface area (TPSA) is 107 Å². The second-order valence-corrected chi connectivity index (χ2v) is 7.79. The van der Waals surface area contributed by atoms with E-state index in [2.05, 4.69) is 18.9 Å². The van der Waals surface area contributed by atoms with Gasteiger partial charge in [-0.1, -0.05) is 6.42 Å². The van der Waals surface area contributed by atoms with Crippen molar-refractivity contribution in [1.29, 1.82) is 0 Å². The number of carbonyl (C=O) groups is 1. The van der Waals surface area contributed by atoms with Crippen LogP contribution < -0.4 is 0 Å². The highest BCUT2D eigenvalue weighted by molar-refractivity contribution is 7.88. The highest BCUT2D eigenvalue weighted by Gasteiger charge is 2.49. The number of halogens is 3. The molecule has 0 saturated carbocycles. The second kappa shape index (κ2) is 9.83. The largest absolute Gasteiger partial charge is 0.534 e. The van der Waals surface area contributed by atoms with E-state index < -0.39 is 21.5 Å². The molecule has 1 aromatic heterocycles. The Morgan fingerprint density at radius 2 is 1.93 bits per heavy atom. The summed E-state index contributed by atoms with van der Waals surface area (Å²) in [7, 11) is -3.21. The number of aryl methyl sites for hydroxylation is 1. The van der Waals surface area contributed by atoms with E-state index in [-0.39, 0.29) is 17.4 Å². The third-order valence-corrected chi connectivity index (χ3v) is 5.01. The molecule has 0 saturated heterocycles. The number of nitrogens with zero attached hydrogens (tertiary/aromatic N) is 1. The number of rotatable bonds is 9. The molecule has 8 nitrogen and oxygen atoms in total. The summed E-state index contributed by atoms with van der Waals surface area (Å²) < 4.78 is 73.2. The number of ether oxygens (including phenoxy) is 2. The monoisotopic (exact) mass is 450 g/mol. The minimum Gasteiger partial charge on any atom is -0.494 e. The summed E-state index contributed by atoms with van der Waals surface area (Å²) >= 11 is 0. The standard InChI is InChI=1S/C18H21F3N2O6S/c1-27-15-11-16(29-30(25,26)18(19,20)21)23-14(15)10-13-9-8-12(22-13)6-4-3-5-7-17(24)28-2/h8-11,22H,3-7H2,1-2H3/b14-10-. The number of alkyl halides is 3. The van der Waals surface area contributed by atoms with Gasteiger partial charge in [0, 0.05) is 23.9 Å². The molecule has 0 radical (unpaired) electrons. The first-order valence-electron chi connectivity index (χ1n) is 8.87. The van der Waals surface area contributed by atoms with Crippen LogP contribution in [0.5, 0.6) is 0 Å². The predicted molar refractivity (Wildman–Crippen MR) is 102 cm³/mol. The Labute approximate surface area is 171 Å². The summed E-state index contributed by atoms with van der Waals surface area (Å²) in [5.74, 6) is -0.927. The molecule has 1 aliphatic heterocycles. The van der Waals surface area contributed by atoms with E-state index in [0.717, 1.165) is 37.5 Å². The highest BCUT2D eigenvalue weighted by Crippen LogP contribution is 2.28. The lowest BCUT2D eigenvalue weighted by Crippen LogP contribution is -2.27. The van der Waals surface area contributed by atoms with Crippen LogP contribution in [0.15, 0.2) is 34.7 Å². The minimum atomic E-state index is -5.82. The lowest BCUT2D eigenvalue weighted by atomic mass is 10.1. The van der Waals surface area contributed by atoms with Crippen molar-refractivity contribution in [3.05, 3.63) is 41.1 Å². The first-order chi connectivity index (χ1) is 14.1. The average Bonchev–Trinajstić information content (AvgIpc) is 3.26. The third-order valence-electron chi connectivity index (χ3n) is 4.05. The molecular weight excluding hydrogens is 429 g/mol. The lowest BCUT2D eigenvalue weighted by Gasteiger charge is -2.07. The van der Waals surface area contributed by atoms with E-state index >= 15 is 0 Å². The number of H-pyrrole nitrogens is 1. The van der Waals surface area contributed by atoms with Crippen LogP contribution in [0.25, 0.3) is 6.08 Å². The SMILES string of the molecule is COC(=O)CCCCCc1ccc(/C=C2\N=C(OS(=O)(=O)C(F)(F)F)C=C2OC)[nH]1. The summed E-state index contributed by atoms with van der Waals surface area (Å²) in [4.78, 5) is 17.9. The van der Waals surface area contributed by atoms with Crippen LogP contribution in [0.4, 0.5) is 13.2 Å². The lowest BCUT2D eigenvalue weighted by molar-refractivity contribution is -0.140. The predicted octanol–water partition coefficient (Wildman–Crippen LogP) is 3.44. The quantitative estimate of drug-likeness (QED) is 0.267. The van der Waals surface area contributed by atoms with E-state index in [1.54, 1.807) is 6.07 Å². The number of methoxy groups -OCH3 is 2. The fourth-order valence-corrected chi connectivity index (χ4v) is 2.97. The van der Waals surface area contributed by atoms with E-state index in [4.69, 9.17) is 4.74 Å². The minimum absolute atomic E-state index is 0.0568. The Hall–Kier alpha value is -2.76. The molecular formula is C18H21F3N2O6S. The second-order valence-electron chi connectivity index (χ2n) is 6.25. The van der Waals surface area contributed by atoms with Crippen LogP contribution in [0.2, 0.25) is 0 Å². The van der Waals surface area contributed by atoms with Gasteiger partial charge in [0.15, 0.2) is 0 Å². The maximum Gasteiger partial charge on any atom is 0.534 e. The average molecular weight is 450 g/mol. The maximum absolute atomic E-state index is 12.5. The molecule has 0 bridgehead atoms.